The average Bonchev–Trinajstić information content (AvgIpc) is 3.14. The molecular weight excluding hydrogens is 392 g/mol. The van der Waals surface area contributed by atoms with E-state index in [1.165, 1.54) is 19.1 Å². The lowest BCUT2D eigenvalue weighted by molar-refractivity contribution is -0.123. The second-order valence-corrected chi connectivity index (χ2v) is 6.68. The van der Waals surface area contributed by atoms with Crippen LogP contribution in [0.5, 0.6) is 0 Å². The Balaban J connectivity index is 1.62. The summed E-state index contributed by atoms with van der Waals surface area (Å²) in [5.74, 6) is -1.13. The van der Waals surface area contributed by atoms with E-state index >= 15 is 0 Å². The lowest BCUT2D eigenvalue weighted by Gasteiger charge is -2.14. The highest BCUT2D eigenvalue weighted by atomic mass is 35.5. The van der Waals surface area contributed by atoms with Gasteiger partial charge in [0, 0.05) is 17.6 Å². The number of nitrogens with one attached hydrogen (secondary N) is 1. The van der Waals surface area contributed by atoms with E-state index in [-0.39, 0.29) is 5.02 Å². The molecule has 1 amide bonds. The fraction of sp³-hybridized carbons (Fsp3) is 0.143. The Hall–Kier alpha value is -3.63. The number of rotatable bonds is 5. The molecule has 8 heteroatoms. The molecule has 0 aliphatic heterocycles. The standard InChI is InChI=1S/C21H17ClN4O3/c1-13-9-10-24-26(13)18-7-4-15(5-8-18)21(28)29-14(2)20(27)25-17-6-3-16(12-23)19(22)11-17/h3-11,14H,1-2H3,(H,25,27)/t14-/m0/s1. The Bertz CT molecular complexity index is 1100. The van der Waals surface area contributed by atoms with Crippen molar-refractivity contribution in [3.05, 3.63) is 76.6 Å². The van der Waals surface area contributed by atoms with Gasteiger partial charge in [-0.25, -0.2) is 9.48 Å². The summed E-state index contributed by atoms with van der Waals surface area (Å²) in [6.07, 6.45) is 0.670. The number of nitriles is 1. The summed E-state index contributed by atoms with van der Waals surface area (Å²) in [5, 5.41) is 15.9. The number of ether oxygens (including phenoxy) is 1. The van der Waals surface area contributed by atoms with Crippen LogP contribution in [-0.2, 0) is 9.53 Å². The van der Waals surface area contributed by atoms with E-state index in [1.54, 1.807) is 41.2 Å². The molecule has 1 atom stereocenters. The number of hydrogen-bond acceptors (Lipinski definition) is 5. The van der Waals surface area contributed by atoms with Gasteiger partial charge in [0.15, 0.2) is 6.10 Å². The quantitative estimate of drug-likeness (QED) is 0.646. The number of aryl methyl sites for hydroxylation is 1. The van der Waals surface area contributed by atoms with Crippen molar-refractivity contribution in [3.63, 3.8) is 0 Å². The zero-order valence-corrected chi connectivity index (χ0v) is 16.5. The predicted molar refractivity (Wildman–Crippen MR) is 108 cm³/mol. The average molecular weight is 409 g/mol. The van der Waals surface area contributed by atoms with E-state index in [4.69, 9.17) is 21.6 Å². The number of anilines is 1. The normalized spacial score (nSPS) is 11.4. The fourth-order valence-electron chi connectivity index (χ4n) is 2.59. The number of hydrogen-bond donors (Lipinski definition) is 1. The fourth-order valence-corrected chi connectivity index (χ4v) is 2.81. The number of halogens is 1. The van der Waals surface area contributed by atoms with Gasteiger partial charge in [-0.1, -0.05) is 11.6 Å². The first-order valence-corrected chi connectivity index (χ1v) is 9.09. The second-order valence-electron chi connectivity index (χ2n) is 6.27. The first kappa shape index (κ1) is 20.1. The number of benzene rings is 2. The molecule has 0 aliphatic rings. The molecule has 0 saturated carbocycles. The molecule has 0 fully saturated rings. The van der Waals surface area contributed by atoms with Crippen LogP contribution < -0.4 is 5.32 Å². The highest BCUT2D eigenvalue weighted by molar-refractivity contribution is 6.32. The molecule has 0 radical (unpaired) electrons. The first-order chi connectivity index (χ1) is 13.9. The minimum absolute atomic E-state index is 0.224. The van der Waals surface area contributed by atoms with Crippen LogP contribution in [0, 0.1) is 18.3 Å². The molecule has 3 rings (SSSR count). The molecule has 7 nitrogen and oxygen atoms in total. The molecule has 1 N–H and O–H groups in total. The molecule has 1 aromatic heterocycles. The van der Waals surface area contributed by atoms with Crippen LogP contribution in [0.15, 0.2) is 54.7 Å². The van der Waals surface area contributed by atoms with Crippen LogP contribution in [0.3, 0.4) is 0 Å². The highest BCUT2D eigenvalue weighted by Gasteiger charge is 2.19. The minimum atomic E-state index is -1.02. The molecular formula is C21H17ClN4O3. The third-order valence-electron chi connectivity index (χ3n) is 4.19. The van der Waals surface area contributed by atoms with Crippen LogP contribution in [0.4, 0.5) is 5.69 Å². The van der Waals surface area contributed by atoms with Crippen LogP contribution >= 0.6 is 11.6 Å². The van der Waals surface area contributed by atoms with Gasteiger partial charge in [0.05, 0.1) is 21.8 Å². The van der Waals surface area contributed by atoms with Crippen molar-refractivity contribution in [2.24, 2.45) is 0 Å². The van der Waals surface area contributed by atoms with Crippen LogP contribution in [0.25, 0.3) is 5.69 Å². The van der Waals surface area contributed by atoms with E-state index < -0.39 is 18.0 Å². The van der Waals surface area contributed by atoms with Crippen molar-refractivity contribution >= 4 is 29.2 Å². The van der Waals surface area contributed by atoms with E-state index in [0.29, 0.717) is 16.8 Å². The number of amides is 1. The Morgan fingerprint density at radius 1 is 1.21 bits per heavy atom. The molecule has 0 aliphatic carbocycles. The molecule has 2 aromatic carbocycles. The molecule has 0 spiro atoms. The predicted octanol–water partition coefficient (Wildman–Crippen LogP) is 3.89. The number of carbonyl (C=O) groups is 2. The molecule has 146 valence electrons. The molecule has 0 unspecified atom stereocenters. The van der Waals surface area contributed by atoms with Crippen molar-refractivity contribution in [2.45, 2.75) is 20.0 Å². The van der Waals surface area contributed by atoms with Crippen molar-refractivity contribution in [3.8, 4) is 11.8 Å². The summed E-state index contributed by atoms with van der Waals surface area (Å²) in [7, 11) is 0. The first-order valence-electron chi connectivity index (χ1n) is 8.71. The van der Waals surface area contributed by atoms with E-state index in [2.05, 4.69) is 10.4 Å². The largest absolute Gasteiger partial charge is 0.449 e. The molecule has 0 saturated heterocycles. The van der Waals surface area contributed by atoms with Gasteiger partial charge in [-0.2, -0.15) is 10.4 Å². The number of aromatic nitrogens is 2. The summed E-state index contributed by atoms with van der Waals surface area (Å²) in [6, 6.07) is 15.1. The highest BCUT2D eigenvalue weighted by Crippen LogP contribution is 2.20. The lowest BCUT2D eigenvalue weighted by Crippen LogP contribution is -2.30. The summed E-state index contributed by atoms with van der Waals surface area (Å²) < 4.78 is 6.99. The maximum Gasteiger partial charge on any atom is 0.338 e. The van der Waals surface area contributed by atoms with E-state index in [9.17, 15) is 9.59 Å². The number of carbonyl (C=O) groups excluding carboxylic acids is 2. The monoisotopic (exact) mass is 408 g/mol. The Morgan fingerprint density at radius 2 is 1.93 bits per heavy atom. The van der Waals surface area contributed by atoms with Crippen LogP contribution in [0.1, 0.15) is 28.5 Å². The third-order valence-corrected chi connectivity index (χ3v) is 4.50. The van der Waals surface area contributed by atoms with Crippen LogP contribution in [-0.4, -0.2) is 27.8 Å². The maximum atomic E-state index is 12.3. The molecule has 3 aromatic rings. The maximum absolute atomic E-state index is 12.3. The number of nitrogens with zero attached hydrogens (tertiary/aromatic N) is 3. The summed E-state index contributed by atoms with van der Waals surface area (Å²) >= 11 is 5.95. The van der Waals surface area contributed by atoms with Gasteiger partial charge in [-0.05, 0) is 62.4 Å². The molecule has 1 heterocycles. The lowest BCUT2D eigenvalue weighted by atomic mass is 10.2. The topological polar surface area (TPSA) is 97.0 Å². The smallest absolute Gasteiger partial charge is 0.338 e. The Kier molecular flexibility index (Phi) is 5.96. The van der Waals surface area contributed by atoms with Gasteiger partial charge in [0.2, 0.25) is 0 Å². The van der Waals surface area contributed by atoms with Crippen LogP contribution in [0.2, 0.25) is 5.02 Å². The zero-order chi connectivity index (χ0) is 21.0. The van der Waals surface area contributed by atoms with Crippen molar-refractivity contribution in [1.82, 2.24) is 9.78 Å². The second kappa shape index (κ2) is 8.59. The van der Waals surface area contributed by atoms with Crippen molar-refractivity contribution in [1.29, 1.82) is 5.26 Å². The van der Waals surface area contributed by atoms with Gasteiger partial charge in [0.25, 0.3) is 5.91 Å². The summed E-state index contributed by atoms with van der Waals surface area (Å²) in [4.78, 5) is 24.6. The molecule has 29 heavy (non-hydrogen) atoms. The Labute approximate surface area is 172 Å². The van der Waals surface area contributed by atoms with Gasteiger partial charge in [-0.3, -0.25) is 4.79 Å². The third kappa shape index (κ3) is 4.62. The van der Waals surface area contributed by atoms with Crippen molar-refractivity contribution in [2.75, 3.05) is 5.32 Å². The SMILES string of the molecule is Cc1ccnn1-c1ccc(C(=O)O[C@@H](C)C(=O)Nc2ccc(C#N)c(Cl)c2)cc1. The van der Waals surface area contributed by atoms with Gasteiger partial charge in [0.1, 0.15) is 6.07 Å². The zero-order valence-electron chi connectivity index (χ0n) is 15.7. The minimum Gasteiger partial charge on any atom is -0.449 e. The van der Waals surface area contributed by atoms with Gasteiger partial charge < -0.3 is 10.1 Å². The molecule has 0 bridgehead atoms. The van der Waals surface area contributed by atoms with E-state index in [1.807, 2.05) is 19.1 Å². The summed E-state index contributed by atoms with van der Waals surface area (Å²) in [6.45, 7) is 3.40. The number of esters is 1. The van der Waals surface area contributed by atoms with E-state index in [0.717, 1.165) is 11.4 Å². The van der Waals surface area contributed by atoms with Gasteiger partial charge in [-0.15, -0.1) is 0 Å². The Morgan fingerprint density at radius 3 is 2.52 bits per heavy atom. The summed E-state index contributed by atoms with van der Waals surface area (Å²) in [5.41, 5.74) is 2.81. The van der Waals surface area contributed by atoms with Gasteiger partial charge >= 0.3 is 5.97 Å². The van der Waals surface area contributed by atoms with Crippen molar-refractivity contribution < 1.29 is 14.3 Å².